The van der Waals surface area contributed by atoms with Crippen LogP contribution in [-0.2, 0) is 0 Å². The first kappa shape index (κ1) is 28.7. The molecular weight excluding hydrogens is 661 g/mol. The fourth-order valence-corrected chi connectivity index (χ4v) is 10.2. The molecule has 4 nitrogen and oxygen atoms in total. The third-order valence-corrected chi connectivity index (χ3v) is 12.6. The molecule has 1 atom stereocenters. The van der Waals surface area contributed by atoms with Crippen molar-refractivity contribution in [1.29, 1.82) is 0 Å². The Labute approximate surface area is 301 Å². The molecule has 51 heavy (non-hydrogen) atoms. The Bertz CT molecular complexity index is 3000. The van der Waals surface area contributed by atoms with E-state index in [9.17, 15) is 0 Å². The zero-order valence-electron chi connectivity index (χ0n) is 27.2. The second-order valence-electron chi connectivity index (χ2n) is 13.0. The summed E-state index contributed by atoms with van der Waals surface area (Å²) in [6, 6.07) is 56.4. The van der Waals surface area contributed by atoms with Gasteiger partial charge in [-0.1, -0.05) is 121 Å². The van der Waals surface area contributed by atoms with Crippen LogP contribution in [0.3, 0.4) is 0 Å². The Hall–Kier alpha value is -6.08. The van der Waals surface area contributed by atoms with Gasteiger partial charge in [-0.3, -0.25) is 0 Å². The molecule has 11 rings (SSSR count). The van der Waals surface area contributed by atoms with Crippen LogP contribution in [0.15, 0.2) is 168 Å². The second kappa shape index (κ2) is 11.2. The van der Waals surface area contributed by atoms with Gasteiger partial charge in [0.25, 0.3) is 0 Å². The van der Waals surface area contributed by atoms with E-state index in [1.54, 1.807) is 0 Å². The van der Waals surface area contributed by atoms with Crippen molar-refractivity contribution in [2.24, 2.45) is 9.98 Å². The number of hydrogen-bond acceptors (Lipinski definition) is 5. The summed E-state index contributed by atoms with van der Waals surface area (Å²) in [5.74, 6) is 1.57. The summed E-state index contributed by atoms with van der Waals surface area (Å²) in [6.45, 7) is 0. The maximum absolute atomic E-state index is 5.13. The van der Waals surface area contributed by atoms with Crippen molar-refractivity contribution in [3.63, 3.8) is 0 Å². The van der Waals surface area contributed by atoms with Crippen molar-refractivity contribution < 1.29 is 0 Å². The van der Waals surface area contributed by atoms with Crippen LogP contribution in [0.25, 0.3) is 67.8 Å². The molecule has 7 aromatic carbocycles. The topological polar surface area (TPSA) is 41.7 Å². The molecule has 4 heterocycles. The van der Waals surface area contributed by atoms with E-state index in [1.165, 1.54) is 67.8 Å². The number of thiophene rings is 2. The van der Waals surface area contributed by atoms with Crippen molar-refractivity contribution in [2.75, 3.05) is 0 Å². The van der Waals surface area contributed by atoms with Gasteiger partial charge in [-0.2, -0.15) is 0 Å². The fourth-order valence-electron chi connectivity index (χ4n) is 7.66. The predicted octanol–water partition coefficient (Wildman–Crippen LogP) is 12.0. The largest absolute Gasteiger partial charge is 0.344 e. The molecule has 0 radical (unpaired) electrons. The van der Waals surface area contributed by atoms with Crippen LogP contribution in [-0.4, -0.2) is 16.2 Å². The minimum Gasteiger partial charge on any atom is -0.344 e. The number of amidine groups is 2. The van der Waals surface area contributed by atoms with Gasteiger partial charge in [0.1, 0.15) is 12.0 Å². The molecule has 0 saturated carbocycles. The highest BCUT2D eigenvalue weighted by Crippen LogP contribution is 2.45. The summed E-state index contributed by atoms with van der Waals surface area (Å²) < 4.78 is 7.67. The highest BCUT2D eigenvalue weighted by Gasteiger charge is 2.22. The predicted molar refractivity (Wildman–Crippen MR) is 218 cm³/mol. The zero-order valence-corrected chi connectivity index (χ0v) is 28.9. The van der Waals surface area contributed by atoms with Crippen LogP contribution < -0.4 is 5.32 Å². The molecule has 0 bridgehead atoms. The second-order valence-corrected chi connectivity index (χ2v) is 15.1. The summed E-state index contributed by atoms with van der Waals surface area (Å²) in [5, 5.41) is 11.4. The SMILES string of the molecule is c1ccc(C2=NC(c3ccc4c(c3)sc3c4ccc4c5cc(-n6c7ccccc7c7ccccc76)ccc5sc43)NC(c3ccccc3)=N2)cc1. The van der Waals surface area contributed by atoms with Crippen LogP contribution in [0.1, 0.15) is 22.9 Å². The Kier molecular flexibility index (Phi) is 6.32. The third kappa shape index (κ3) is 4.50. The van der Waals surface area contributed by atoms with Crippen LogP contribution in [0, 0.1) is 0 Å². The average molecular weight is 689 g/mol. The lowest BCUT2D eigenvalue weighted by Gasteiger charge is -2.23. The number of fused-ring (bicyclic) bond motifs is 10. The summed E-state index contributed by atoms with van der Waals surface area (Å²) >= 11 is 3.78. The minimum atomic E-state index is -0.258. The number of hydrogen-bond donors (Lipinski definition) is 1. The molecule has 0 fully saturated rings. The quantitative estimate of drug-likeness (QED) is 0.196. The highest BCUT2D eigenvalue weighted by molar-refractivity contribution is 7.33. The van der Waals surface area contributed by atoms with Crippen LogP contribution in [0.5, 0.6) is 0 Å². The number of benzene rings is 7. The number of aromatic nitrogens is 1. The minimum absolute atomic E-state index is 0.258. The summed E-state index contributed by atoms with van der Waals surface area (Å²) in [7, 11) is 0. The van der Waals surface area contributed by atoms with Crippen molar-refractivity contribution in [2.45, 2.75) is 6.17 Å². The van der Waals surface area contributed by atoms with E-state index >= 15 is 0 Å². The third-order valence-electron chi connectivity index (χ3n) is 10.1. The van der Waals surface area contributed by atoms with Crippen molar-refractivity contribution in [3.05, 3.63) is 174 Å². The van der Waals surface area contributed by atoms with Gasteiger partial charge >= 0.3 is 0 Å². The van der Waals surface area contributed by atoms with Crippen LogP contribution >= 0.6 is 22.7 Å². The summed E-state index contributed by atoms with van der Waals surface area (Å²) in [5.41, 5.74) is 6.82. The number of nitrogens with one attached hydrogen (secondary N) is 1. The van der Waals surface area contributed by atoms with Crippen molar-refractivity contribution in [1.82, 2.24) is 9.88 Å². The normalized spacial score (nSPS) is 14.9. The molecule has 0 saturated heterocycles. The Balaban J connectivity index is 1.04. The lowest BCUT2D eigenvalue weighted by molar-refractivity contribution is 0.675. The number of nitrogens with zero attached hydrogens (tertiary/aromatic N) is 3. The molecule has 240 valence electrons. The van der Waals surface area contributed by atoms with Gasteiger partial charge in [0, 0.05) is 58.5 Å². The molecule has 1 unspecified atom stereocenters. The number of aliphatic imine (C=N–C) groups is 2. The smallest absolute Gasteiger partial charge is 0.159 e. The van der Waals surface area contributed by atoms with E-state index in [1.807, 2.05) is 59.1 Å². The first-order valence-electron chi connectivity index (χ1n) is 17.1. The van der Waals surface area contributed by atoms with E-state index in [-0.39, 0.29) is 6.17 Å². The van der Waals surface area contributed by atoms with Crippen LogP contribution in [0.2, 0.25) is 0 Å². The van der Waals surface area contributed by atoms with Crippen molar-refractivity contribution in [3.8, 4) is 5.69 Å². The van der Waals surface area contributed by atoms with Gasteiger partial charge < -0.3 is 9.88 Å². The highest BCUT2D eigenvalue weighted by atomic mass is 32.1. The Morgan fingerprint density at radius 3 is 1.82 bits per heavy atom. The zero-order chi connectivity index (χ0) is 33.5. The van der Waals surface area contributed by atoms with Gasteiger partial charge in [-0.25, -0.2) is 9.98 Å². The first-order valence-corrected chi connectivity index (χ1v) is 18.7. The van der Waals surface area contributed by atoms with E-state index in [0.717, 1.165) is 28.4 Å². The van der Waals surface area contributed by atoms with Crippen LogP contribution in [0.4, 0.5) is 0 Å². The fraction of sp³-hybridized carbons (Fsp3) is 0.0222. The summed E-state index contributed by atoms with van der Waals surface area (Å²) in [4.78, 5) is 10.1. The molecule has 1 aliphatic rings. The molecule has 0 aliphatic carbocycles. The number of rotatable bonds is 4. The molecular formula is C45H28N4S2. The maximum atomic E-state index is 5.13. The molecule has 6 heteroatoms. The van der Waals surface area contributed by atoms with Crippen molar-refractivity contribution >= 4 is 96.5 Å². The molecule has 10 aromatic rings. The lowest BCUT2D eigenvalue weighted by atomic mass is 10.1. The van der Waals surface area contributed by atoms with Gasteiger partial charge in [-0.15, -0.1) is 22.7 Å². The monoisotopic (exact) mass is 688 g/mol. The first-order chi connectivity index (χ1) is 25.3. The van der Waals surface area contributed by atoms with Gasteiger partial charge in [0.05, 0.1) is 20.4 Å². The maximum Gasteiger partial charge on any atom is 0.159 e. The Morgan fingerprint density at radius 2 is 1.10 bits per heavy atom. The molecule has 1 aliphatic heterocycles. The number of para-hydroxylation sites is 2. The van der Waals surface area contributed by atoms with E-state index < -0.39 is 0 Å². The van der Waals surface area contributed by atoms with Gasteiger partial charge in [0.2, 0.25) is 0 Å². The van der Waals surface area contributed by atoms with E-state index in [4.69, 9.17) is 9.98 Å². The van der Waals surface area contributed by atoms with E-state index in [0.29, 0.717) is 0 Å². The Morgan fingerprint density at radius 1 is 0.490 bits per heavy atom. The lowest BCUT2D eigenvalue weighted by Crippen LogP contribution is -2.33. The molecule has 3 aromatic heterocycles. The van der Waals surface area contributed by atoms with Gasteiger partial charge in [0.15, 0.2) is 5.84 Å². The van der Waals surface area contributed by atoms with E-state index in [2.05, 4.69) is 131 Å². The standard InChI is InChI=1S/C45H28N4S2/c1-3-11-27(12-4-1)43-46-44(28-13-5-2-6-14-28)48-45(47-43)29-19-21-33-34-22-23-35-36-26-30(20-24-39(36)50-42(35)41(34)51-40(33)25-29)49-37-17-9-7-15-31(37)32-16-8-10-18-38(32)49/h1-26,45H,(H,46,47,48). The molecule has 0 spiro atoms. The molecule has 0 amide bonds. The average Bonchev–Trinajstić information content (AvgIpc) is 3.87. The molecule has 1 N–H and O–H groups in total. The van der Waals surface area contributed by atoms with Gasteiger partial charge in [-0.05, 0) is 42.0 Å². The summed E-state index contributed by atoms with van der Waals surface area (Å²) in [6.07, 6.45) is -0.258.